The second-order valence-electron chi connectivity index (χ2n) is 5.38. The number of amides is 2. The minimum Gasteiger partial charge on any atom is -0.496 e. The van der Waals surface area contributed by atoms with Crippen LogP contribution in [-0.4, -0.2) is 26.8 Å². The number of hydrogen-bond donors (Lipinski definition) is 2. The normalized spacial score (nSPS) is 12.3. The third-order valence-electron chi connectivity index (χ3n) is 3.69. The first-order chi connectivity index (χ1) is 12.3. The summed E-state index contributed by atoms with van der Waals surface area (Å²) in [5.41, 5.74) is 0.244. The van der Waals surface area contributed by atoms with E-state index in [4.69, 9.17) is 9.47 Å². The molecule has 1 unspecified atom stereocenters. The van der Waals surface area contributed by atoms with Crippen LogP contribution in [0.5, 0.6) is 5.75 Å². The first kappa shape index (κ1) is 19.6. The number of rotatable bonds is 6. The summed E-state index contributed by atoms with van der Waals surface area (Å²) in [6.07, 6.45) is -4.86. The number of ether oxygens (including phenoxy) is 2. The van der Waals surface area contributed by atoms with Gasteiger partial charge in [-0.25, -0.2) is 4.79 Å². The van der Waals surface area contributed by atoms with Gasteiger partial charge in [-0.2, -0.15) is 13.2 Å². The zero-order valence-electron chi connectivity index (χ0n) is 14.3. The summed E-state index contributed by atoms with van der Waals surface area (Å²) >= 11 is 0. The molecule has 0 aliphatic carbocycles. The molecule has 1 atom stereocenters. The molecule has 0 bridgehead atoms. The van der Waals surface area contributed by atoms with Gasteiger partial charge in [0.15, 0.2) is 0 Å². The van der Waals surface area contributed by atoms with E-state index in [1.807, 2.05) is 18.2 Å². The maximum Gasteiger partial charge on any atom is 0.416 e. The average molecular weight is 368 g/mol. The molecule has 2 aromatic carbocycles. The highest BCUT2D eigenvalue weighted by molar-refractivity contribution is 5.89. The fourth-order valence-electron chi connectivity index (χ4n) is 2.36. The minimum atomic E-state index is -4.42. The summed E-state index contributed by atoms with van der Waals surface area (Å²) in [5, 5.41) is 5.10. The number of halogens is 3. The number of benzene rings is 2. The number of hydrogen-bond acceptors (Lipinski definition) is 3. The lowest BCUT2D eigenvalue weighted by Gasteiger charge is -2.19. The Morgan fingerprint density at radius 3 is 2.31 bits per heavy atom. The van der Waals surface area contributed by atoms with E-state index >= 15 is 0 Å². The van der Waals surface area contributed by atoms with Crippen molar-refractivity contribution in [2.24, 2.45) is 0 Å². The largest absolute Gasteiger partial charge is 0.496 e. The molecule has 26 heavy (non-hydrogen) atoms. The van der Waals surface area contributed by atoms with Crippen LogP contribution < -0.4 is 15.4 Å². The second kappa shape index (κ2) is 8.57. The molecule has 0 fully saturated rings. The molecule has 0 saturated heterocycles. The summed E-state index contributed by atoms with van der Waals surface area (Å²) in [6.45, 7) is 0.156. The number of carbonyl (C=O) groups is 1. The Balaban J connectivity index is 1.95. The summed E-state index contributed by atoms with van der Waals surface area (Å²) in [6, 6.07) is 10.9. The van der Waals surface area contributed by atoms with E-state index in [-0.39, 0.29) is 12.2 Å². The number of nitrogens with one attached hydrogen (secondary N) is 2. The number of anilines is 1. The van der Waals surface area contributed by atoms with Gasteiger partial charge in [-0.15, -0.1) is 0 Å². The molecule has 0 aromatic heterocycles. The van der Waals surface area contributed by atoms with Gasteiger partial charge in [-0.3, -0.25) is 0 Å². The number of para-hydroxylation sites is 1. The Labute approximate surface area is 149 Å². The van der Waals surface area contributed by atoms with Crippen molar-refractivity contribution >= 4 is 11.7 Å². The molecular formula is C18H19F3N2O3. The maximum atomic E-state index is 12.5. The first-order valence-electron chi connectivity index (χ1n) is 7.73. The molecule has 0 radical (unpaired) electrons. The van der Waals surface area contributed by atoms with E-state index in [2.05, 4.69) is 10.6 Å². The van der Waals surface area contributed by atoms with E-state index in [1.54, 1.807) is 6.07 Å². The van der Waals surface area contributed by atoms with Crippen molar-refractivity contribution in [1.82, 2.24) is 5.32 Å². The van der Waals surface area contributed by atoms with Crippen molar-refractivity contribution in [2.75, 3.05) is 26.1 Å². The number of alkyl halides is 3. The van der Waals surface area contributed by atoms with Gasteiger partial charge in [0.2, 0.25) is 0 Å². The van der Waals surface area contributed by atoms with Crippen molar-refractivity contribution in [1.29, 1.82) is 0 Å². The molecule has 140 valence electrons. The van der Waals surface area contributed by atoms with Gasteiger partial charge in [-0.1, -0.05) is 18.2 Å². The van der Waals surface area contributed by atoms with E-state index in [0.29, 0.717) is 5.75 Å². The van der Waals surface area contributed by atoms with Crippen LogP contribution in [0, 0.1) is 0 Å². The zero-order chi connectivity index (χ0) is 19.2. The van der Waals surface area contributed by atoms with Gasteiger partial charge in [0.1, 0.15) is 11.9 Å². The molecule has 0 heterocycles. The summed E-state index contributed by atoms with van der Waals surface area (Å²) in [4.78, 5) is 12.0. The SMILES string of the molecule is COc1ccccc1C(CNC(=O)Nc1ccc(C(F)(F)F)cc1)OC. The van der Waals surface area contributed by atoms with E-state index in [0.717, 1.165) is 17.7 Å². The fraction of sp³-hybridized carbons (Fsp3) is 0.278. The van der Waals surface area contributed by atoms with Crippen LogP contribution in [0.3, 0.4) is 0 Å². The lowest BCUT2D eigenvalue weighted by molar-refractivity contribution is -0.137. The maximum absolute atomic E-state index is 12.5. The van der Waals surface area contributed by atoms with Crippen LogP contribution in [0.1, 0.15) is 17.2 Å². The predicted molar refractivity (Wildman–Crippen MR) is 91.2 cm³/mol. The Kier molecular flexibility index (Phi) is 6.46. The Morgan fingerprint density at radius 2 is 1.73 bits per heavy atom. The summed E-state index contributed by atoms with van der Waals surface area (Å²) in [7, 11) is 3.04. The van der Waals surface area contributed by atoms with E-state index in [1.165, 1.54) is 26.4 Å². The van der Waals surface area contributed by atoms with Crippen molar-refractivity contribution in [2.45, 2.75) is 12.3 Å². The molecule has 2 rings (SSSR count). The van der Waals surface area contributed by atoms with Crippen LogP contribution in [0.2, 0.25) is 0 Å². The Hall–Kier alpha value is -2.74. The van der Waals surface area contributed by atoms with Crippen molar-refractivity contribution in [3.8, 4) is 5.75 Å². The first-order valence-corrected chi connectivity index (χ1v) is 7.73. The smallest absolute Gasteiger partial charge is 0.416 e. The van der Waals surface area contributed by atoms with Gasteiger partial charge in [-0.05, 0) is 30.3 Å². The third kappa shape index (κ3) is 5.13. The lowest BCUT2D eigenvalue weighted by Crippen LogP contribution is -2.33. The van der Waals surface area contributed by atoms with Gasteiger partial charge in [0.25, 0.3) is 0 Å². The highest BCUT2D eigenvalue weighted by atomic mass is 19.4. The van der Waals surface area contributed by atoms with Crippen LogP contribution in [0.15, 0.2) is 48.5 Å². The molecule has 2 N–H and O–H groups in total. The molecule has 0 aliphatic rings. The number of urea groups is 1. The van der Waals surface area contributed by atoms with Gasteiger partial charge >= 0.3 is 12.2 Å². The Morgan fingerprint density at radius 1 is 1.08 bits per heavy atom. The highest BCUT2D eigenvalue weighted by Crippen LogP contribution is 2.30. The molecule has 0 saturated carbocycles. The fourth-order valence-corrected chi connectivity index (χ4v) is 2.36. The van der Waals surface area contributed by atoms with E-state index < -0.39 is 23.9 Å². The molecule has 0 spiro atoms. The molecule has 8 heteroatoms. The number of methoxy groups -OCH3 is 2. The highest BCUT2D eigenvalue weighted by Gasteiger charge is 2.30. The van der Waals surface area contributed by atoms with Crippen LogP contribution >= 0.6 is 0 Å². The van der Waals surface area contributed by atoms with Crippen molar-refractivity contribution in [3.05, 3.63) is 59.7 Å². The molecule has 2 amide bonds. The predicted octanol–water partition coefficient (Wildman–Crippen LogP) is 4.22. The molecular weight excluding hydrogens is 349 g/mol. The van der Waals surface area contributed by atoms with Gasteiger partial charge < -0.3 is 20.1 Å². The second-order valence-corrected chi connectivity index (χ2v) is 5.38. The zero-order valence-corrected chi connectivity index (χ0v) is 14.3. The summed E-state index contributed by atoms with van der Waals surface area (Å²) in [5.74, 6) is 0.629. The monoisotopic (exact) mass is 368 g/mol. The van der Waals surface area contributed by atoms with Crippen molar-refractivity contribution in [3.63, 3.8) is 0 Å². The topological polar surface area (TPSA) is 59.6 Å². The van der Waals surface area contributed by atoms with Crippen LogP contribution in [0.4, 0.5) is 23.7 Å². The molecule has 2 aromatic rings. The van der Waals surface area contributed by atoms with Crippen LogP contribution in [0.25, 0.3) is 0 Å². The number of carbonyl (C=O) groups excluding carboxylic acids is 1. The van der Waals surface area contributed by atoms with Gasteiger partial charge in [0.05, 0.1) is 12.7 Å². The minimum absolute atomic E-state index is 0.156. The molecule has 0 aliphatic heterocycles. The van der Waals surface area contributed by atoms with Gasteiger partial charge in [0, 0.05) is 24.9 Å². The quantitative estimate of drug-likeness (QED) is 0.803. The van der Waals surface area contributed by atoms with Crippen LogP contribution in [-0.2, 0) is 10.9 Å². The average Bonchev–Trinajstić information content (AvgIpc) is 2.62. The lowest BCUT2D eigenvalue weighted by atomic mass is 10.1. The standard InChI is InChI=1S/C18H19F3N2O3/c1-25-15-6-4-3-5-14(15)16(26-2)11-22-17(24)23-13-9-7-12(8-10-13)18(19,20)21/h3-10,16H,11H2,1-2H3,(H2,22,23,24). The van der Waals surface area contributed by atoms with Crippen molar-refractivity contribution < 1.29 is 27.4 Å². The Bertz CT molecular complexity index is 733. The summed E-state index contributed by atoms with van der Waals surface area (Å²) < 4.78 is 48.2. The third-order valence-corrected chi connectivity index (χ3v) is 3.69. The molecule has 5 nitrogen and oxygen atoms in total. The van der Waals surface area contributed by atoms with E-state index in [9.17, 15) is 18.0 Å².